The molecule has 0 unspecified atom stereocenters. The van der Waals surface area contributed by atoms with E-state index in [1.165, 1.54) is 0 Å². The number of aliphatic hydroxyl groups excluding tert-OH is 10. The molecule has 0 aliphatic carbocycles. The normalized spacial score (nSPS) is 45.5. The summed E-state index contributed by atoms with van der Waals surface area (Å²) in [5.41, 5.74) is 0. The number of carboxylic acids is 2. The van der Waals surface area contributed by atoms with Crippen LogP contribution in [0.3, 0.4) is 0 Å². The van der Waals surface area contributed by atoms with Crippen molar-refractivity contribution in [3.05, 3.63) is 0 Å². The minimum atomic E-state index is -2.33. The van der Waals surface area contributed by atoms with Gasteiger partial charge in [-0.3, -0.25) is 9.98 Å². The van der Waals surface area contributed by atoms with Gasteiger partial charge in [-0.25, -0.2) is 9.59 Å². The second-order valence-electron chi connectivity index (χ2n) is 12.5. The Labute approximate surface area is 354 Å². The molecule has 0 saturated carbocycles. The van der Waals surface area contributed by atoms with Gasteiger partial charge in [0, 0.05) is 0 Å². The summed E-state index contributed by atoms with van der Waals surface area (Å²) in [6, 6.07) is -3.63. The van der Waals surface area contributed by atoms with E-state index in [4.69, 9.17) is 33.2 Å². The molecule has 0 aromatic carbocycles. The van der Waals surface area contributed by atoms with Crippen LogP contribution in [-0.2, 0) is 42.7 Å². The summed E-state index contributed by atoms with van der Waals surface area (Å²) in [6.07, 6.45) is -37.1. The molecular formula is C28H42N2Na2O23. The predicted octanol–water partition coefficient (Wildman–Crippen LogP) is -16.0. The molecule has 0 spiro atoms. The van der Waals surface area contributed by atoms with Crippen LogP contribution >= 0.6 is 0 Å². The molecule has 0 amide bonds. The summed E-state index contributed by atoms with van der Waals surface area (Å²) >= 11 is 0. The van der Waals surface area contributed by atoms with Gasteiger partial charge in [-0.05, 0) is 25.6 Å². The monoisotopic (exact) mass is 820 g/mol. The maximum absolute atomic E-state index is 12.4. The largest absolute Gasteiger partial charge is 1.00 e. The average molecular weight is 821 g/mol. The molecule has 0 radical (unpaired) electrons. The summed E-state index contributed by atoms with van der Waals surface area (Å²) in [5.74, 6) is -5.56. The van der Waals surface area contributed by atoms with E-state index in [0.29, 0.717) is 0 Å². The molecule has 4 fully saturated rings. The van der Waals surface area contributed by atoms with Crippen molar-refractivity contribution in [2.45, 2.75) is 137 Å². The smallest absolute Gasteiger partial charge is 0.862 e. The van der Waals surface area contributed by atoms with Crippen molar-refractivity contribution in [3.8, 4) is 0 Å². The molecule has 20 atom stereocenters. The maximum Gasteiger partial charge on any atom is 1.00 e. The molecule has 4 saturated heterocycles. The maximum atomic E-state index is 12.4. The number of hydrogen-bond donors (Lipinski definition) is 12. The SMILES string of the molecule is CC([O-])=N[C@@H]1[C@@H](O[C@@H]2O[C@H](C(=O)O)[C@@H](O[C@@H]3O[C@H](CO)[C@@H](O)[C@H](O[C@@H]4O[C@H](C(=O)O)[C@@H](O)[C@H](O)[C@H]4O)[C@H]3N=C(C)[O-])[C@H](O)[C@H]2O)[C@H](O)[C@@H](CO)O[C@H]1O.[Na+].[Na+]. The van der Waals surface area contributed by atoms with Crippen LogP contribution in [0.2, 0.25) is 0 Å². The average Bonchev–Trinajstić information content (AvgIpc) is 3.08. The number of aliphatic imine (C=N–C) groups is 2. The zero-order valence-corrected chi connectivity index (χ0v) is 33.7. The van der Waals surface area contributed by atoms with Gasteiger partial charge in [0.05, 0.1) is 13.2 Å². The van der Waals surface area contributed by atoms with E-state index in [1.54, 1.807) is 0 Å². The molecule has 12 N–H and O–H groups in total. The van der Waals surface area contributed by atoms with Crippen LogP contribution in [0.25, 0.3) is 0 Å². The predicted molar refractivity (Wildman–Crippen MR) is 157 cm³/mol. The van der Waals surface area contributed by atoms with Crippen molar-refractivity contribution >= 4 is 23.7 Å². The Morgan fingerprint density at radius 2 is 0.964 bits per heavy atom. The Morgan fingerprint density at radius 1 is 0.545 bits per heavy atom. The van der Waals surface area contributed by atoms with E-state index < -0.39 is 160 Å². The zero-order chi connectivity index (χ0) is 39.6. The van der Waals surface area contributed by atoms with Gasteiger partial charge in [-0.1, -0.05) is 0 Å². The molecule has 4 rings (SSSR count). The Kier molecular flexibility index (Phi) is 19.6. The fourth-order valence-electron chi connectivity index (χ4n) is 6.17. The summed E-state index contributed by atoms with van der Waals surface area (Å²) in [5, 5.41) is 148. The third-order valence-corrected chi connectivity index (χ3v) is 8.80. The summed E-state index contributed by atoms with van der Waals surface area (Å²) in [7, 11) is 0. The van der Waals surface area contributed by atoms with E-state index in [1.807, 2.05) is 0 Å². The van der Waals surface area contributed by atoms with Crippen LogP contribution in [-0.4, -0.2) is 221 Å². The second-order valence-corrected chi connectivity index (χ2v) is 12.5. The van der Waals surface area contributed by atoms with Gasteiger partial charge in [0.1, 0.15) is 85.3 Å². The van der Waals surface area contributed by atoms with E-state index in [0.717, 1.165) is 13.8 Å². The van der Waals surface area contributed by atoms with Crippen molar-refractivity contribution in [2.24, 2.45) is 9.98 Å². The Morgan fingerprint density at radius 3 is 1.44 bits per heavy atom. The van der Waals surface area contributed by atoms with Crippen LogP contribution in [0.4, 0.5) is 0 Å². The van der Waals surface area contributed by atoms with Crippen LogP contribution in [0.5, 0.6) is 0 Å². The molecule has 55 heavy (non-hydrogen) atoms. The molecule has 4 aliphatic rings. The number of rotatable bonds is 12. The molecule has 0 aromatic heterocycles. The van der Waals surface area contributed by atoms with Crippen molar-refractivity contribution in [3.63, 3.8) is 0 Å². The zero-order valence-electron chi connectivity index (χ0n) is 29.7. The topological polar surface area (TPSA) is 412 Å². The fourth-order valence-corrected chi connectivity index (χ4v) is 6.17. The van der Waals surface area contributed by atoms with Gasteiger partial charge in [-0.15, -0.1) is 0 Å². The Bertz CT molecular complexity index is 1330. The quantitative estimate of drug-likeness (QED) is 0.0494. The molecular weight excluding hydrogens is 778 g/mol. The number of nitrogens with zero attached hydrogens (tertiary/aromatic N) is 2. The summed E-state index contributed by atoms with van der Waals surface area (Å²) in [4.78, 5) is 31.4. The number of carboxylic acid groups (broad SMARTS) is 2. The van der Waals surface area contributed by atoms with Gasteiger partial charge in [0.15, 0.2) is 37.4 Å². The molecule has 25 nitrogen and oxygen atoms in total. The van der Waals surface area contributed by atoms with Gasteiger partial charge in [0.2, 0.25) is 0 Å². The van der Waals surface area contributed by atoms with E-state index >= 15 is 0 Å². The number of carbonyl (C=O) groups is 2. The minimum absolute atomic E-state index is 0. The first-order valence-corrected chi connectivity index (χ1v) is 16.0. The molecule has 0 bridgehead atoms. The molecule has 4 aliphatic heterocycles. The van der Waals surface area contributed by atoms with Crippen LogP contribution < -0.4 is 69.3 Å². The van der Waals surface area contributed by atoms with Crippen molar-refractivity contribution in [1.29, 1.82) is 0 Å². The number of aliphatic hydroxyl groups is 10. The standard InChI is InChI=1S/C28H44N2O23.2Na/c1-5(33)29-9-18(11(35)7(3-31)47-25(9)46)49-28-17(41)15(39)20(22(53-28)24(44)45)51-26-10(30-6(2)34)19(12(36)8(4-32)48-26)50-27-16(40)13(37)14(38)21(52-27)23(42)43;;/h7-22,25-28,31-32,35-41,46H,3-4H2,1-2H3,(H,29,33)(H,30,34)(H,42,43)(H,44,45);;/q;2*+1/p-2/t7-,8-,9-,10-,11-,12-,13+,14+,15-,16-,17-,18-,19-,20+,21+,22+,25-,26+,27-,28-;;/m1../s1. The van der Waals surface area contributed by atoms with Crippen molar-refractivity contribution in [2.75, 3.05) is 13.2 Å². The van der Waals surface area contributed by atoms with Crippen LogP contribution in [0.15, 0.2) is 9.98 Å². The molecule has 4 heterocycles. The van der Waals surface area contributed by atoms with Crippen molar-refractivity contribution < 1.29 is 173 Å². The van der Waals surface area contributed by atoms with Crippen LogP contribution in [0, 0.1) is 0 Å². The van der Waals surface area contributed by atoms with Gasteiger partial charge in [-0.2, -0.15) is 0 Å². The number of ether oxygens (including phenoxy) is 7. The van der Waals surface area contributed by atoms with E-state index in [-0.39, 0.29) is 59.1 Å². The number of aliphatic carboxylic acids is 2. The molecule has 27 heteroatoms. The number of hydrogen-bond acceptors (Lipinski definition) is 23. The van der Waals surface area contributed by atoms with Gasteiger partial charge in [0.25, 0.3) is 0 Å². The van der Waals surface area contributed by atoms with E-state index in [9.17, 15) is 81.1 Å². The third kappa shape index (κ3) is 11.3. The molecule has 304 valence electrons. The summed E-state index contributed by atoms with van der Waals surface area (Å²) in [6.45, 7) is -0.0335. The fraction of sp³-hybridized carbons (Fsp3) is 0.857. The third-order valence-electron chi connectivity index (χ3n) is 8.80. The van der Waals surface area contributed by atoms with Crippen molar-refractivity contribution in [1.82, 2.24) is 0 Å². The minimum Gasteiger partial charge on any atom is -0.862 e. The van der Waals surface area contributed by atoms with E-state index in [2.05, 4.69) is 9.98 Å². The van der Waals surface area contributed by atoms with Gasteiger partial charge < -0.3 is 105 Å². The van der Waals surface area contributed by atoms with Crippen LogP contribution in [0.1, 0.15) is 13.8 Å². The Hall–Kier alpha value is -0.800. The first-order valence-electron chi connectivity index (χ1n) is 16.0. The van der Waals surface area contributed by atoms with Gasteiger partial charge >= 0.3 is 71.1 Å². The Balaban J connectivity index is 0.00000523. The first-order chi connectivity index (χ1) is 24.8. The first kappa shape index (κ1) is 50.3. The summed E-state index contributed by atoms with van der Waals surface area (Å²) < 4.78 is 37.8. The molecule has 0 aromatic rings. The second kappa shape index (κ2) is 21.5.